The second-order valence-corrected chi connectivity index (χ2v) is 4.35. The maximum Gasteiger partial charge on any atom is 0.0700 e. The third kappa shape index (κ3) is 10.5. The number of rotatable bonds is 12. The van der Waals surface area contributed by atoms with Crippen molar-refractivity contribution in [3.8, 4) is 0 Å². The highest BCUT2D eigenvalue weighted by Gasteiger charge is 2.08. The zero-order valence-corrected chi connectivity index (χ0v) is 11.8. The molecule has 0 bridgehead atoms. The van der Waals surface area contributed by atoms with E-state index in [2.05, 4.69) is 25.7 Å². The van der Waals surface area contributed by atoms with E-state index < -0.39 is 0 Å². The third-order valence-electron chi connectivity index (χ3n) is 2.76. The fourth-order valence-corrected chi connectivity index (χ4v) is 1.59. The molecule has 1 unspecified atom stereocenters. The van der Waals surface area contributed by atoms with Gasteiger partial charge in [0.2, 0.25) is 0 Å². The van der Waals surface area contributed by atoms with Gasteiger partial charge in [0.05, 0.1) is 13.2 Å². The van der Waals surface area contributed by atoms with Gasteiger partial charge in [0, 0.05) is 19.8 Å². The summed E-state index contributed by atoms with van der Waals surface area (Å²) in [5, 5.41) is 3.55. The van der Waals surface area contributed by atoms with Crippen molar-refractivity contribution in [2.24, 2.45) is 0 Å². The van der Waals surface area contributed by atoms with Crippen LogP contribution >= 0.6 is 0 Å². The maximum atomic E-state index is 5.51. The Kier molecular flexibility index (Phi) is 11.8. The van der Waals surface area contributed by atoms with E-state index in [9.17, 15) is 0 Å². The second kappa shape index (κ2) is 12.1. The smallest absolute Gasteiger partial charge is 0.0700 e. The van der Waals surface area contributed by atoms with E-state index in [0.717, 1.165) is 32.4 Å². The van der Waals surface area contributed by atoms with E-state index in [4.69, 9.17) is 9.47 Å². The highest BCUT2D eigenvalue weighted by Crippen LogP contribution is 2.10. The SMILES string of the molecule is C=C(CC)CC(CCOCCOC)NCCC. The molecule has 3 heteroatoms. The number of ether oxygens (including phenoxy) is 2. The standard InChI is InChI=1S/C14H29NO2/c1-5-8-15-14(12-13(3)6-2)7-9-17-11-10-16-4/h14-15H,3,5-12H2,1-2,4H3. The molecule has 0 heterocycles. The van der Waals surface area contributed by atoms with Gasteiger partial charge in [0.1, 0.15) is 0 Å². The van der Waals surface area contributed by atoms with Gasteiger partial charge in [-0.15, -0.1) is 0 Å². The molecule has 0 spiro atoms. The summed E-state index contributed by atoms with van der Waals surface area (Å²) in [6, 6.07) is 0.505. The largest absolute Gasteiger partial charge is 0.382 e. The lowest BCUT2D eigenvalue weighted by Crippen LogP contribution is -2.31. The van der Waals surface area contributed by atoms with Crippen molar-refractivity contribution in [1.82, 2.24) is 5.32 Å². The van der Waals surface area contributed by atoms with Crippen molar-refractivity contribution in [1.29, 1.82) is 0 Å². The molecule has 3 nitrogen and oxygen atoms in total. The maximum absolute atomic E-state index is 5.51. The highest BCUT2D eigenvalue weighted by molar-refractivity contribution is 4.96. The van der Waals surface area contributed by atoms with E-state index in [1.54, 1.807) is 7.11 Å². The Morgan fingerprint density at radius 3 is 2.59 bits per heavy atom. The van der Waals surface area contributed by atoms with Gasteiger partial charge in [0.25, 0.3) is 0 Å². The van der Waals surface area contributed by atoms with E-state index in [0.29, 0.717) is 19.3 Å². The Morgan fingerprint density at radius 1 is 1.24 bits per heavy atom. The molecule has 0 amide bonds. The van der Waals surface area contributed by atoms with Crippen LogP contribution in [-0.4, -0.2) is 39.5 Å². The predicted octanol–water partition coefficient (Wildman–Crippen LogP) is 2.76. The van der Waals surface area contributed by atoms with Gasteiger partial charge in [-0.3, -0.25) is 0 Å². The van der Waals surface area contributed by atoms with E-state index in [1.807, 2.05) is 0 Å². The van der Waals surface area contributed by atoms with Gasteiger partial charge in [-0.1, -0.05) is 26.0 Å². The van der Waals surface area contributed by atoms with Crippen molar-refractivity contribution in [3.05, 3.63) is 12.2 Å². The van der Waals surface area contributed by atoms with E-state index in [-0.39, 0.29) is 0 Å². The minimum atomic E-state index is 0.505. The Balaban J connectivity index is 3.72. The van der Waals surface area contributed by atoms with Crippen LogP contribution < -0.4 is 5.32 Å². The summed E-state index contributed by atoms with van der Waals surface area (Å²) in [6.45, 7) is 11.7. The molecule has 0 saturated heterocycles. The van der Waals surface area contributed by atoms with Gasteiger partial charge in [-0.25, -0.2) is 0 Å². The van der Waals surface area contributed by atoms with Crippen LogP contribution in [0.4, 0.5) is 0 Å². The van der Waals surface area contributed by atoms with Crippen molar-refractivity contribution in [3.63, 3.8) is 0 Å². The molecule has 0 aromatic heterocycles. The quantitative estimate of drug-likeness (QED) is 0.422. The zero-order chi connectivity index (χ0) is 12.9. The summed E-state index contributed by atoms with van der Waals surface area (Å²) < 4.78 is 10.4. The lowest BCUT2D eigenvalue weighted by atomic mass is 10.0. The molecule has 0 aliphatic heterocycles. The number of methoxy groups -OCH3 is 1. The Bertz CT molecular complexity index is 183. The number of hydrogen-bond donors (Lipinski definition) is 1. The molecule has 102 valence electrons. The van der Waals surface area contributed by atoms with Gasteiger partial charge in [-0.05, 0) is 32.2 Å². The van der Waals surface area contributed by atoms with Crippen LogP contribution in [0, 0.1) is 0 Å². The van der Waals surface area contributed by atoms with Gasteiger partial charge < -0.3 is 14.8 Å². The molecule has 0 radical (unpaired) electrons. The summed E-state index contributed by atoms with van der Waals surface area (Å²) in [7, 11) is 1.69. The molecule has 1 N–H and O–H groups in total. The van der Waals surface area contributed by atoms with Gasteiger partial charge in [0.15, 0.2) is 0 Å². The third-order valence-corrected chi connectivity index (χ3v) is 2.76. The minimum Gasteiger partial charge on any atom is -0.382 e. The van der Waals surface area contributed by atoms with Crippen LogP contribution in [0.1, 0.15) is 39.5 Å². The molecular formula is C14H29NO2. The van der Waals surface area contributed by atoms with Crippen LogP contribution in [-0.2, 0) is 9.47 Å². The molecule has 0 fully saturated rings. The first-order valence-corrected chi connectivity index (χ1v) is 6.71. The van der Waals surface area contributed by atoms with Crippen LogP contribution in [0.5, 0.6) is 0 Å². The molecule has 1 atom stereocenters. The van der Waals surface area contributed by atoms with Gasteiger partial charge >= 0.3 is 0 Å². The van der Waals surface area contributed by atoms with Crippen molar-refractivity contribution < 1.29 is 9.47 Å². The molecule has 0 aromatic carbocycles. The molecule has 0 aliphatic rings. The van der Waals surface area contributed by atoms with Crippen LogP contribution in [0.25, 0.3) is 0 Å². The first-order chi connectivity index (χ1) is 8.24. The first kappa shape index (κ1) is 16.6. The normalized spacial score (nSPS) is 12.6. The molecular weight excluding hydrogens is 214 g/mol. The minimum absolute atomic E-state index is 0.505. The van der Waals surface area contributed by atoms with E-state index in [1.165, 1.54) is 12.0 Å². The first-order valence-electron chi connectivity index (χ1n) is 6.71. The molecule has 0 aromatic rings. The van der Waals surface area contributed by atoms with Gasteiger partial charge in [-0.2, -0.15) is 0 Å². The number of hydrogen-bond acceptors (Lipinski definition) is 3. The van der Waals surface area contributed by atoms with E-state index >= 15 is 0 Å². The fraction of sp³-hybridized carbons (Fsp3) is 0.857. The van der Waals surface area contributed by atoms with Crippen LogP contribution in [0.15, 0.2) is 12.2 Å². The average molecular weight is 243 g/mol. The summed E-state index contributed by atoms with van der Waals surface area (Å²) >= 11 is 0. The number of nitrogens with one attached hydrogen (secondary N) is 1. The highest BCUT2D eigenvalue weighted by atomic mass is 16.5. The lowest BCUT2D eigenvalue weighted by Gasteiger charge is -2.19. The lowest BCUT2D eigenvalue weighted by molar-refractivity contribution is 0.0658. The van der Waals surface area contributed by atoms with Crippen molar-refractivity contribution in [2.75, 3.05) is 33.5 Å². The Morgan fingerprint density at radius 2 is 2.00 bits per heavy atom. The van der Waals surface area contributed by atoms with Crippen LogP contribution in [0.2, 0.25) is 0 Å². The second-order valence-electron chi connectivity index (χ2n) is 4.35. The molecule has 0 rings (SSSR count). The topological polar surface area (TPSA) is 30.5 Å². The summed E-state index contributed by atoms with van der Waals surface area (Å²) in [4.78, 5) is 0. The summed E-state index contributed by atoms with van der Waals surface area (Å²) in [6.07, 6.45) is 4.33. The molecule has 0 saturated carbocycles. The Labute approximate surface area is 107 Å². The molecule has 17 heavy (non-hydrogen) atoms. The Hall–Kier alpha value is -0.380. The van der Waals surface area contributed by atoms with Crippen molar-refractivity contribution in [2.45, 2.75) is 45.6 Å². The fourth-order valence-electron chi connectivity index (χ4n) is 1.59. The predicted molar refractivity (Wildman–Crippen MR) is 73.4 cm³/mol. The van der Waals surface area contributed by atoms with Crippen LogP contribution in [0.3, 0.4) is 0 Å². The summed E-state index contributed by atoms with van der Waals surface area (Å²) in [5.41, 5.74) is 1.32. The van der Waals surface area contributed by atoms with Crippen molar-refractivity contribution >= 4 is 0 Å². The average Bonchev–Trinajstić information content (AvgIpc) is 2.35. The monoisotopic (exact) mass is 243 g/mol. The molecule has 0 aliphatic carbocycles. The zero-order valence-electron chi connectivity index (χ0n) is 11.8. The summed E-state index contributed by atoms with van der Waals surface area (Å²) in [5.74, 6) is 0.